The van der Waals surface area contributed by atoms with Crippen LogP contribution >= 0.6 is 0 Å². The van der Waals surface area contributed by atoms with E-state index in [1.54, 1.807) is 54.7 Å². The minimum atomic E-state index is -0.982. The summed E-state index contributed by atoms with van der Waals surface area (Å²) in [6.45, 7) is 0.0436. The molecule has 9 heteroatoms. The first kappa shape index (κ1) is 23.9. The van der Waals surface area contributed by atoms with E-state index in [4.69, 9.17) is 18.6 Å². The number of aliphatic hydroxyl groups is 1. The lowest BCUT2D eigenvalue weighted by Gasteiger charge is -2.27. The number of para-hydroxylation sites is 1. The van der Waals surface area contributed by atoms with E-state index in [1.807, 2.05) is 12.1 Å². The van der Waals surface area contributed by atoms with Gasteiger partial charge in [-0.15, -0.1) is 0 Å². The SMILES string of the molecule is COc1cc(C2C(C(=O)c3cc4ccccc4o3)=C(O)C(=O)N2Cc2ccccn2)cc(OC)c1OC. The third-order valence-corrected chi connectivity index (χ3v) is 6.26. The van der Waals surface area contributed by atoms with Crippen LogP contribution in [0.1, 0.15) is 27.9 Å². The molecule has 2 aromatic heterocycles. The average molecular weight is 501 g/mol. The molecule has 5 rings (SSSR count). The molecule has 0 spiro atoms. The van der Waals surface area contributed by atoms with Crippen molar-refractivity contribution >= 4 is 22.7 Å². The number of furan rings is 1. The van der Waals surface area contributed by atoms with E-state index in [2.05, 4.69) is 4.98 Å². The van der Waals surface area contributed by atoms with Crippen molar-refractivity contribution in [3.63, 3.8) is 0 Å². The first-order valence-electron chi connectivity index (χ1n) is 11.4. The van der Waals surface area contributed by atoms with E-state index in [-0.39, 0.29) is 17.9 Å². The molecule has 0 fully saturated rings. The van der Waals surface area contributed by atoms with Crippen LogP contribution in [0, 0.1) is 0 Å². The van der Waals surface area contributed by atoms with Gasteiger partial charge in [-0.1, -0.05) is 24.3 Å². The van der Waals surface area contributed by atoms with Gasteiger partial charge < -0.3 is 28.6 Å². The van der Waals surface area contributed by atoms with Gasteiger partial charge in [0.15, 0.2) is 23.0 Å². The van der Waals surface area contributed by atoms with Crippen LogP contribution in [0.15, 0.2) is 82.6 Å². The number of methoxy groups -OCH3 is 3. The third-order valence-electron chi connectivity index (χ3n) is 6.26. The summed E-state index contributed by atoms with van der Waals surface area (Å²) < 4.78 is 22.2. The maximum absolute atomic E-state index is 13.8. The highest BCUT2D eigenvalue weighted by molar-refractivity contribution is 6.16. The number of carbonyl (C=O) groups excluding carboxylic acids is 2. The van der Waals surface area contributed by atoms with Crippen LogP contribution in [0.5, 0.6) is 17.2 Å². The van der Waals surface area contributed by atoms with E-state index >= 15 is 0 Å². The molecule has 0 bridgehead atoms. The molecular formula is C28H24N2O7. The maximum Gasteiger partial charge on any atom is 0.290 e. The van der Waals surface area contributed by atoms with Gasteiger partial charge in [0.05, 0.1) is 45.2 Å². The molecule has 1 aliphatic heterocycles. The second kappa shape index (κ2) is 9.69. The first-order chi connectivity index (χ1) is 18.0. The zero-order chi connectivity index (χ0) is 26.1. The molecule has 0 radical (unpaired) electrons. The Kier molecular flexibility index (Phi) is 6.27. The number of carbonyl (C=O) groups is 2. The zero-order valence-corrected chi connectivity index (χ0v) is 20.4. The first-order valence-corrected chi connectivity index (χ1v) is 11.4. The fourth-order valence-corrected chi connectivity index (χ4v) is 4.55. The summed E-state index contributed by atoms with van der Waals surface area (Å²) in [5.74, 6) is -0.929. The lowest BCUT2D eigenvalue weighted by molar-refractivity contribution is -0.130. The maximum atomic E-state index is 13.8. The Labute approximate surface area is 212 Å². The van der Waals surface area contributed by atoms with Crippen LogP contribution in [0.3, 0.4) is 0 Å². The van der Waals surface area contributed by atoms with Crippen molar-refractivity contribution in [2.24, 2.45) is 0 Å². The zero-order valence-electron chi connectivity index (χ0n) is 20.4. The Hall–Kier alpha value is -4.79. The fourth-order valence-electron chi connectivity index (χ4n) is 4.55. The number of hydrogen-bond acceptors (Lipinski definition) is 8. The predicted octanol–water partition coefficient (Wildman–Crippen LogP) is 4.63. The van der Waals surface area contributed by atoms with Gasteiger partial charge in [-0.3, -0.25) is 14.6 Å². The van der Waals surface area contributed by atoms with Crippen molar-refractivity contribution in [1.82, 2.24) is 9.88 Å². The smallest absolute Gasteiger partial charge is 0.290 e. The van der Waals surface area contributed by atoms with Crippen LogP contribution in [0.2, 0.25) is 0 Å². The number of nitrogens with zero attached hydrogens (tertiary/aromatic N) is 2. The summed E-state index contributed by atoms with van der Waals surface area (Å²) in [4.78, 5) is 32.9. The van der Waals surface area contributed by atoms with Crippen molar-refractivity contribution < 1.29 is 33.3 Å². The van der Waals surface area contributed by atoms with E-state index in [1.165, 1.54) is 26.2 Å². The number of aliphatic hydroxyl groups excluding tert-OH is 1. The molecule has 0 aliphatic carbocycles. The van der Waals surface area contributed by atoms with E-state index in [9.17, 15) is 14.7 Å². The molecule has 188 valence electrons. The van der Waals surface area contributed by atoms with E-state index in [0.29, 0.717) is 34.1 Å². The van der Waals surface area contributed by atoms with Gasteiger partial charge in [0.1, 0.15) is 5.58 Å². The molecule has 1 unspecified atom stereocenters. The molecular weight excluding hydrogens is 476 g/mol. The van der Waals surface area contributed by atoms with Crippen molar-refractivity contribution in [3.8, 4) is 17.2 Å². The second-order valence-electron chi connectivity index (χ2n) is 8.36. The fraction of sp³-hybridized carbons (Fsp3) is 0.179. The normalized spacial score (nSPS) is 15.4. The Morgan fingerprint density at radius 2 is 1.70 bits per heavy atom. The number of pyridine rings is 1. The summed E-state index contributed by atoms with van der Waals surface area (Å²) in [5.41, 5.74) is 1.46. The number of ether oxygens (including phenoxy) is 3. The topological polar surface area (TPSA) is 111 Å². The van der Waals surface area contributed by atoms with Gasteiger partial charge in [-0.2, -0.15) is 0 Å². The van der Waals surface area contributed by atoms with Gasteiger partial charge in [0.2, 0.25) is 11.5 Å². The monoisotopic (exact) mass is 500 g/mol. The highest BCUT2D eigenvalue weighted by Crippen LogP contribution is 2.46. The Bertz CT molecular complexity index is 1470. The molecule has 37 heavy (non-hydrogen) atoms. The van der Waals surface area contributed by atoms with Gasteiger partial charge in [0, 0.05) is 11.6 Å². The van der Waals surface area contributed by atoms with Crippen LogP contribution in [0.4, 0.5) is 0 Å². The summed E-state index contributed by atoms with van der Waals surface area (Å²) in [6.07, 6.45) is 1.61. The van der Waals surface area contributed by atoms with Crippen molar-refractivity contribution in [1.29, 1.82) is 0 Å². The van der Waals surface area contributed by atoms with E-state index < -0.39 is 23.5 Å². The molecule has 2 aromatic carbocycles. The number of benzene rings is 2. The van der Waals surface area contributed by atoms with Crippen molar-refractivity contribution in [2.45, 2.75) is 12.6 Å². The van der Waals surface area contributed by atoms with E-state index in [0.717, 1.165) is 5.39 Å². The van der Waals surface area contributed by atoms with Crippen LogP contribution in [-0.4, -0.2) is 48.0 Å². The van der Waals surface area contributed by atoms with Crippen molar-refractivity contribution in [3.05, 3.63) is 95.2 Å². The molecule has 0 saturated heterocycles. The lowest BCUT2D eigenvalue weighted by Crippen LogP contribution is -2.31. The van der Waals surface area contributed by atoms with Crippen molar-refractivity contribution in [2.75, 3.05) is 21.3 Å². The summed E-state index contributed by atoms with van der Waals surface area (Å²) in [5, 5.41) is 11.7. The van der Waals surface area contributed by atoms with Crippen LogP contribution in [-0.2, 0) is 11.3 Å². The number of aromatic nitrogens is 1. The summed E-state index contributed by atoms with van der Waals surface area (Å²) >= 11 is 0. The van der Waals surface area contributed by atoms with Gasteiger partial charge in [-0.05, 0) is 42.0 Å². The Balaban J connectivity index is 1.67. The predicted molar refractivity (Wildman–Crippen MR) is 134 cm³/mol. The number of fused-ring (bicyclic) bond motifs is 1. The molecule has 1 atom stereocenters. The lowest BCUT2D eigenvalue weighted by atomic mass is 9.94. The summed E-state index contributed by atoms with van der Waals surface area (Å²) in [6, 6.07) is 16.4. The van der Waals surface area contributed by atoms with Crippen LogP contribution in [0.25, 0.3) is 11.0 Å². The van der Waals surface area contributed by atoms with Gasteiger partial charge >= 0.3 is 0 Å². The second-order valence-corrected chi connectivity index (χ2v) is 8.36. The van der Waals surface area contributed by atoms with Crippen LogP contribution < -0.4 is 14.2 Å². The average Bonchev–Trinajstić information content (AvgIpc) is 3.47. The highest BCUT2D eigenvalue weighted by Gasteiger charge is 2.45. The number of ketones is 1. The Morgan fingerprint density at radius 1 is 1.00 bits per heavy atom. The molecule has 3 heterocycles. The quantitative estimate of drug-likeness (QED) is 0.349. The number of amides is 1. The highest BCUT2D eigenvalue weighted by atomic mass is 16.5. The minimum absolute atomic E-state index is 0.00711. The third kappa shape index (κ3) is 4.14. The summed E-state index contributed by atoms with van der Waals surface area (Å²) in [7, 11) is 4.43. The largest absolute Gasteiger partial charge is 0.503 e. The molecule has 1 N–H and O–H groups in total. The molecule has 0 saturated carbocycles. The molecule has 4 aromatic rings. The number of Topliss-reactive ketones (excluding diaryl/α,β-unsaturated/α-hetero) is 1. The number of hydrogen-bond donors (Lipinski definition) is 1. The Morgan fingerprint density at radius 3 is 2.32 bits per heavy atom. The molecule has 1 aliphatic rings. The van der Waals surface area contributed by atoms with Gasteiger partial charge in [-0.25, -0.2) is 0 Å². The molecule has 9 nitrogen and oxygen atoms in total. The molecule has 1 amide bonds. The standard InChI is InChI=1S/C28H24N2O7/c1-34-21-13-17(14-22(35-2)27(21)36-3)24-23(25(31)20-12-16-8-4-5-10-19(16)37-20)26(32)28(33)30(24)15-18-9-6-7-11-29-18/h4-14,24,32H,15H2,1-3H3. The minimum Gasteiger partial charge on any atom is -0.503 e. The number of rotatable bonds is 8. The van der Waals surface area contributed by atoms with Gasteiger partial charge in [0.25, 0.3) is 5.91 Å².